The average Bonchev–Trinajstić information content (AvgIpc) is 3.05. The number of fused-ring (bicyclic) bond motifs is 1. The van der Waals surface area contributed by atoms with Crippen LogP contribution in [0, 0.1) is 0 Å². The number of thiazole rings is 1. The summed E-state index contributed by atoms with van der Waals surface area (Å²) in [6.45, 7) is 5.62. The number of anilines is 1. The molecule has 1 N–H and O–H groups in total. The highest BCUT2D eigenvalue weighted by atomic mass is 32.1. The number of hydrogen-bond donors (Lipinski definition) is 1. The summed E-state index contributed by atoms with van der Waals surface area (Å²) in [5, 5.41) is 4.86. The maximum atomic E-state index is 12.5. The number of carbonyl (C=O) groups excluding carboxylic acids is 3. The van der Waals surface area contributed by atoms with Crippen LogP contribution in [0.2, 0.25) is 0 Å². The van der Waals surface area contributed by atoms with Gasteiger partial charge in [0.15, 0.2) is 5.13 Å². The Labute approximate surface area is 137 Å². The third kappa shape index (κ3) is 2.75. The second kappa shape index (κ2) is 5.27. The van der Waals surface area contributed by atoms with Gasteiger partial charge in [-0.25, -0.2) is 9.88 Å². The Morgan fingerprint density at radius 3 is 2.48 bits per heavy atom. The number of hydrogen-bond acceptors (Lipinski definition) is 5. The highest BCUT2D eigenvalue weighted by Crippen LogP contribution is 2.30. The Bertz CT molecular complexity index is 806. The number of nitrogens with one attached hydrogen (secondary N) is 1. The van der Waals surface area contributed by atoms with Crippen LogP contribution < -0.4 is 10.2 Å². The van der Waals surface area contributed by atoms with Gasteiger partial charge in [-0.15, -0.1) is 11.3 Å². The van der Waals surface area contributed by atoms with Crippen molar-refractivity contribution in [3.63, 3.8) is 0 Å². The van der Waals surface area contributed by atoms with Crippen LogP contribution in [-0.4, -0.2) is 28.2 Å². The van der Waals surface area contributed by atoms with Crippen molar-refractivity contribution in [3.05, 3.63) is 46.5 Å². The van der Waals surface area contributed by atoms with Gasteiger partial charge in [-0.05, 0) is 39.0 Å². The highest BCUT2D eigenvalue weighted by molar-refractivity contribution is 7.14. The lowest BCUT2D eigenvalue weighted by Crippen LogP contribution is -2.40. The van der Waals surface area contributed by atoms with Crippen molar-refractivity contribution in [1.29, 1.82) is 0 Å². The number of aromatic nitrogens is 1. The number of carbonyl (C=O) groups is 3. The van der Waals surface area contributed by atoms with Crippen molar-refractivity contribution in [2.24, 2.45) is 0 Å². The topological polar surface area (TPSA) is 79.4 Å². The highest BCUT2D eigenvalue weighted by Gasteiger charge is 2.38. The molecule has 1 aliphatic heterocycles. The lowest BCUT2D eigenvalue weighted by Gasteiger charge is -2.20. The van der Waals surface area contributed by atoms with Crippen LogP contribution in [-0.2, 0) is 0 Å². The molecule has 0 fully saturated rings. The fraction of sp³-hybridized carbons (Fsp3) is 0.250. The summed E-state index contributed by atoms with van der Waals surface area (Å²) in [5.41, 5.74) is 0.480. The van der Waals surface area contributed by atoms with Crippen molar-refractivity contribution in [2.45, 2.75) is 26.3 Å². The Balaban J connectivity index is 1.96. The van der Waals surface area contributed by atoms with Crippen LogP contribution in [0.3, 0.4) is 0 Å². The molecule has 0 unspecified atom stereocenters. The van der Waals surface area contributed by atoms with Gasteiger partial charge in [0.25, 0.3) is 17.7 Å². The van der Waals surface area contributed by atoms with Gasteiger partial charge < -0.3 is 5.32 Å². The van der Waals surface area contributed by atoms with Crippen molar-refractivity contribution < 1.29 is 14.4 Å². The second-order valence-electron chi connectivity index (χ2n) is 6.22. The maximum Gasteiger partial charge on any atom is 0.268 e. The average molecular weight is 329 g/mol. The fourth-order valence-electron chi connectivity index (χ4n) is 2.29. The predicted octanol–water partition coefficient (Wildman–Crippen LogP) is 2.47. The zero-order chi connectivity index (χ0) is 16.8. The van der Waals surface area contributed by atoms with Gasteiger partial charge in [0.05, 0.1) is 11.1 Å². The summed E-state index contributed by atoms with van der Waals surface area (Å²) in [7, 11) is 0. The first-order chi connectivity index (χ1) is 10.8. The lowest BCUT2D eigenvalue weighted by molar-refractivity contribution is 0.0912. The molecule has 23 heavy (non-hydrogen) atoms. The first kappa shape index (κ1) is 15.4. The van der Waals surface area contributed by atoms with E-state index in [-0.39, 0.29) is 22.6 Å². The Hall–Kier alpha value is -2.54. The summed E-state index contributed by atoms with van der Waals surface area (Å²) < 4.78 is 0. The Morgan fingerprint density at radius 1 is 1.17 bits per heavy atom. The summed E-state index contributed by atoms with van der Waals surface area (Å²) >= 11 is 1.21. The standard InChI is InChI=1S/C16H15N3O3S/c1-16(2,3)18-12(20)9-4-5-10-11(8-9)14(22)19(13(10)21)15-17-6-7-23-15/h4-8H,1-3H3,(H,18,20). The van der Waals surface area contributed by atoms with Gasteiger partial charge in [-0.3, -0.25) is 14.4 Å². The molecule has 0 spiro atoms. The summed E-state index contributed by atoms with van der Waals surface area (Å²) in [6.07, 6.45) is 1.53. The third-order valence-electron chi connectivity index (χ3n) is 3.25. The minimum absolute atomic E-state index is 0.228. The van der Waals surface area contributed by atoms with Crippen molar-refractivity contribution >= 4 is 34.2 Å². The van der Waals surface area contributed by atoms with Crippen molar-refractivity contribution in [2.75, 3.05) is 4.90 Å². The fourth-order valence-corrected chi connectivity index (χ4v) is 2.93. The summed E-state index contributed by atoms with van der Waals surface area (Å²) in [6, 6.07) is 4.53. The molecule has 1 aromatic heterocycles. The zero-order valence-corrected chi connectivity index (χ0v) is 13.7. The number of nitrogens with zero attached hydrogens (tertiary/aromatic N) is 2. The van der Waals surface area contributed by atoms with E-state index in [4.69, 9.17) is 0 Å². The molecule has 0 bridgehead atoms. The van der Waals surface area contributed by atoms with E-state index in [2.05, 4.69) is 10.3 Å². The van der Waals surface area contributed by atoms with E-state index >= 15 is 0 Å². The van der Waals surface area contributed by atoms with Crippen molar-refractivity contribution in [3.8, 4) is 0 Å². The van der Waals surface area contributed by atoms with E-state index in [1.54, 1.807) is 11.4 Å². The van der Waals surface area contributed by atoms with Crippen LogP contribution >= 0.6 is 11.3 Å². The van der Waals surface area contributed by atoms with Crippen molar-refractivity contribution in [1.82, 2.24) is 10.3 Å². The van der Waals surface area contributed by atoms with Crippen LogP contribution in [0.15, 0.2) is 29.8 Å². The maximum absolute atomic E-state index is 12.5. The van der Waals surface area contributed by atoms with Gasteiger partial charge in [0, 0.05) is 22.7 Å². The zero-order valence-electron chi connectivity index (χ0n) is 12.9. The summed E-state index contributed by atoms with van der Waals surface area (Å²) in [4.78, 5) is 42.2. The molecule has 2 aromatic rings. The largest absolute Gasteiger partial charge is 0.347 e. The van der Waals surface area contributed by atoms with E-state index in [1.165, 1.54) is 29.7 Å². The molecular formula is C16H15N3O3S. The minimum atomic E-state index is -0.453. The van der Waals surface area contributed by atoms with Crippen LogP contribution in [0.4, 0.5) is 5.13 Å². The van der Waals surface area contributed by atoms with Crippen LogP contribution in [0.25, 0.3) is 0 Å². The Morgan fingerprint density at radius 2 is 1.87 bits per heavy atom. The molecule has 1 aliphatic rings. The van der Waals surface area contributed by atoms with E-state index in [9.17, 15) is 14.4 Å². The SMILES string of the molecule is CC(C)(C)NC(=O)c1ccc2c(c1)C(=O)N(c1nccs1)C2=O. The molecule has 118 valence electrons. The molecule has 0 atom stereocenters. The van der Waals surface area contributed by atoms with Gasteiger partial charge in [0.2, 0.25) is 0 Å². The summed E-state index contributed by atoms with van der Waals surface area (Å²) in [5.74, 6) is -1.15. The number of imide groups is 1. The molecule has 3 rings (SSSR count). The van der Waals surface area contributed by atoms with E-state index < -0.39 is 11.8 Å². The first-order valence-corrected chi connectivity index (χ1v) is 7.91. The molecule has 0 radical (unpaired) electrons. The molecular weight excluding hydrogens is 314 g/mol. The molecule has 3 amide bonds. The normalized spacial score (nSPS) is 14.1. The molecule has 6 nitrogen and oxygen atoms in total. The molecule has 7 heteroatoms. The molecule has 0 aliphatic carbocycles. The van der Waals surface area contributed by atoms with Crippen LogP contribution in [0.1, 0.15) is 51.8 Å². The van der Waals surface area contributed by atoms with Gasteiger partial charge in [-0.2, -0.15) is 0 Å². The van der Waals surface area contributed by atoms with Gasteiger partial charge >= 0.3 is 0 Å². The van der Waals surface area contributed by atoms with E-state index in [0.29, 0.717) is 10.7 Å². The van der Waals surface area contributed by atoms with Gasteiger partial charge in [-0.1, -0.05) is 0 Å². The number of rotatable bonds is 2. The quantitative estimate of drug-likeness (QED) is 0.859. The molecule has 1 aromatic carbocycles. The molecule has 2 heterocycles. The van der Waals surface area contributed by atoms with Crippen LogP contribution in [0.5, 0.6) is 0 Å². The smallest absolute Gasteiger partial charge is 0.268 e. The monoisotopic (exact) mass is 329 g/mol. The Kier molecular flexibility index (Phi) is 3.52. The molecule has 0 saturated heterocycles. The second-order valence-corrected chi connectivity index (χ2v) is 7.10. The minimum Gasteiger partial charge on any atom is -0.347 e. The first-order valence-electron chi connectivity index (χ1n) is 7.03. The predicted molar refractivity (Wildman–Crippen MR) is 86.9 cm³/mol. The van der Waals surface area contributed by atoms with Gasteiger partial charge in [0.1, 0.15) is 0 Å². The third-order valence-corrected chi connectivity index (χ3v) is 4.00. The number of amides is 3. The van der Waals surface area contributed by atoms with E-state index in [0.717, 1.165) is 4.90 Å². The molecule has 0 saturated carbocycles. The number of benzene rings is 1. The van der Waals surface area contributed by atoms with E-state index in [1.807, 2.05) is 20.8 Å². The lowest BCUT2D eigenvalue weighted by atomic mass is 10.0.